The van der Waals surface area contributed by atoms with Crippen LogP contribution in [0.3, 0.4) is 0 Å². The molecule has 6 nitrogen and oxygen atoms in total. The van der Waals surface area contributed by atoms with Gasteiger partial charge in [-0.05, 0) is 68.3 Å². The Labute approximate surface area is 199 Å². The molecule has 0 aromatic heterocycles. The van der Waals surface area contributed by atoms with Gasteiger partial charge in [-0.15, -0.1) is 0 Å². The van der Waals surface area contributed by atoms with Gasteiger partial charge in [-0.3, -0.25) is 4.79 Å². The highest BCUT2D eigenvalue weighted by Gasteiger charge is 2.15. The Balaban J connectivity index is 1.69. The Morgan fingerprint density at radius 1 is 1.03 bits per heavy atom. The average Bonchev–Trinajstić information content (AvgIpc) is 2.83. The van der Waals surface area contributed by atoms with Gasteiger partial charge in [0, 0.05) is 16.8 Å². The number of carbonyl (C=O) groups is 2. The number of aryl methyl sites for hydroxylation is 2. The van der Waals surface area contributed by atoms with Gasteiger partial charge >= 0.3 is 5.97 Å². The number of nitrogens with one attached hydrogen (secondary N) is 1. The molecule has 0 saturated heterocycles. The van der Waals surface area contributed by atoms with Crippen LogP contribution in [-0.2, 0) is 4.79 Å². The molecule has 0 unspecified atom stereocenters. The van der Waals surface area contributed by atoms with Gasteiger partial charge in [-0.1, -0.05) is 42.8 Å². The van der Waals surface area contributed by atoms with Crippen molar-refractivity contribution in [2.45, 2.75) is 27.2 Å². The highest BCUT2D eigenvalue weighted by molar-refractivity contribution is 6.05. The number of ether oxygens (including phenoxy) is 2. The van der Waals surface area contributed by atoms with E-state index in [1.165, 1.54) is 18.2 Å². The minimum atomic E-state index is -0.791. The molecule has 0 radical (unpaired) electrons. The van der Waals surface area contributed by atoms with Crippen molar-refractivity contribution >= 4 is 23.6 Å². The molecule has 3 aromatic rings. The molecule has 0 fully saturated rings. The first-order valence-electron chi connectivity index (χ1n) is 11.0. The molecule has 0 saturated carbocycles. The summed E-state index contributed by atoms with van der Waals surface area (Å²) < 4.78 is 11.0. The summed E-state index contributed by atoms with van der Waals surface area (Å²) in [6.07, 6.45) is 2.28. The predicted molar refractivity (Wildman–Crippen MR) is 132 cm³/mol. The zero-order valence-corrected chi connectivity index (χ0v) is 19.4. The van der Waals surface area contributed by atoms with Crippen molar-refractivity contribution in [2.24, 2.45) is 0 Å². The van der Waals surface area contributed by atoms with E-state index in [1.807, 2.05) is 51.1 Å². The highest BCUT2D eigenvalue weighted by Crippen LogP contribution is 2.23. The summed E-state index contributed by atoms with van der Waals surface area (Å²) >= 11 is 0. The van der Waals surface area contributed by atoms with Crippen molar-refractivity contribution in [3.63, 3.8) is 0 Å². The van der Waals surface area contributed by atoms with Gasteiger partial charge in [0.2, 0.25) is 0 Å². The number of amides is 1. The number of para-hydroxylation sites is 1. The Kier molecular flexibility index (Phi) is 8.20. The largest absolute Gasteiger partial charge is 0.493 e. The fourth-order valence-electron chi connectivity index (χ4n) is 3.22. The number of carbonyl (C=O) groups excluding carboxylic acids is 2. The molecule has 172 valence electrons. The Hall–Kier alpha value is -4.37. The van der Waals surface area contributed by atoms with Crippen molar-refractivity contribution in [3.05, 3.63) is 94.6 Å². The maximum Gasteiger partial charge on any atom is 0.354 e. The van der Waals surface area contributed by atoms with E-state index >= 15 is 0 Å². The quantitative estimate of drug-likeness (QED) is 0.199. The first-order chi connectivity index (χ1) is 16.4. The molecule has 0 aliphatic rings. The number of benzene rings is 3. The maximum absolute atomic E-state index is 12.6. The van der Waals surface area contributed by atoms with E-state index in [4.69, 9.17) is 9.47 Å². The van der Waals surface area contributed by atoms with Gasteiger partial charge in [0.1, 0.15) is 23.1 Å². The molecule has 3 aromatic carbocycles. The van der Waals surface area contributed by atoms with E-state index in [2.05, 4.69) is 5.32 Å². The zero-order chi connectivity index (χ0) is 24.5. The summed E-state index contributed by atoms with van der Waals surface area (Å²) in [6, 6.07) is 21.0. The molecule has 0 bridgehead atoms. The number of rotatable bonds is 8. The number of nitrogens with zero attached hydrogens (tertiary/aromatic N) is 1. The van der Waals surface area contributed by atoms with E-state index in [0.29, 0.717) is 23.5 Å². The predicted octanol–water partition coefficient (Wildman–Crippen LogP) is 5.86. The highest BCUT2D eigenvalue weighted by atomic mass is 16.5. The molecule has 0 aliphatic heterocycles. The van der Waals surface area contributed by atoms with Crippen LogP contribution >= 0.6 is 0 Å². The number of hydrogen-bond acceptors (Lipinski definition) is 5. The Bertz CT molecular complexity index is 1250. The van der Waals surface area contributed by atoms with Gasteiger partial charge in [0.15, 0.2) is 0 Å². The second-order valence-electron chi connectivity index (χ2n) is 7.74. The molecular formula is C28H26N2O4. The van der Waals surface area contributed by atoms with Gasteiger partial charge in [-0.25, -0.2) is 4.79 Å². The summed E-state index contributed by atoms with van der Waals surface area (Å²) in [5, 5.41) is 12.4. The number of nitriles is 1. The van der Waals surface area contributed by atoms with Crippen molar-refractivity contribution < 1.29 is 19.1 Å². The van der Waals surface area contributed by atoms with Crippen LogP contribution in [0.4, 0.5) is 5.69 Å². The number of hydrogen-bond donors (Lipinski definition) is 1. The molecule has 3 rings (SSSR count). The summed E-state index contributed by atoms with van der Waals surface area (Å²) in [7, 11) is 0. The third-order valence-electron chi connectivity index (χ3n) is 4.98. The fourth-order valence-corrected chi connectivity index (χ4v) is 3.22. The Morgan fingerprint density at radius 2 is 1.76 bits per heavy atom. The molecule has 1 amide bonds. The minimum Gasteiger partial charge on any atom is -0.493 e. The van der Waals surface area contributed by atoms with E-state index in [1.54, 1.807) is 30.3 Å². The lowest BCUT2D eigenvalue weighted by atomic mass is 10.1. The average molecular weight is 455 g/mol. The molecule has 0 heterocycles. The molecule has 0 atom stereocenters. The fraction of sp³-hybridized carbons (Fsp3) is 0.179. The van der Waals surface area contributed by atoms with E-state index in [0.717, 1.165) is 23.2 Å². The Morgan fingerprint density at radius 3 is 2.44 bits per heavy atom. The lowest BCUT2D eigenvalue weighted by Crippen LogP contribution is -2.13. The van der Waals surface area contributed by atoms with E-state index in [9.17, 15) is 14.9 Å². The number of anilines is 1. The summed E-state index contributed by atoms with van der Waals surface area (Å²) in [4.78, 5) is 25.1. The van der Waals surface area contributed by atoms with Crippen molar-refractivity contribution in [1.29, 1.82) is 5.26 Å². The molecule has 6 heteroatoms. The van der Waals surface area contributed by atoms with E-state index < -0.39 is 5.97 Å². The minimum absolute atomic E-state index is 0.163. The summed E-state index contributed by atoms with van der Waals surface area (Å²) in [6.45, 7) is 6.44. The number of esters is 1. The van der Waals surface area contributed by atoms with Crippen LogP contribution < -0.4 is 14.8 Å². The van der Waals surface area contributed by atoms with Crippen LogP contribution in [0.2, 0.25) is 0 Å². The molecular weight excluding hydrogens is 428 g/mol. The van der Waals surface area contributed by atoms with Crippen LogP contribution in [0.15, 0.2) is 72.3 Å². The second kappa shape index (κ2) is 11.5. The van der Waals surface area contributed by atoms with Crippen LogP contribution in [0, 0.1) is 25.2 Å². The monoisotopic (exact) mass is 454 g/mol. The zero-order valence-electron chi connectivity index (χ0n) is 19.4. The van der Waals surface area contributed by atoms with Crippen molar-refractivity contribution in [2.75, 3.05) is 11.9 Å². The van der Waals surface area contributed by atoms with Crippen molar-refractivity contribution in [3.8, 4) is 17.6 Å². The molecule has 1 N–H and O–H groups in total. The van der Waals surface area contributed by atoms with Crippen LogP contribution in [-0.4, -0.2) is 18.5 Å². The van der Waals surface area contributed by atoms with Crippen LogP contribution in [0.5, 0.6) is 11.5 Å². The standard InChI is InChI=1S/C28H26N2O4/c1-4-15-33-26-8-6-5-7-22(26)17-23(18-29)28(32)34-24-12-10-21(11-13-24)27(31)30-25-14-9-19(2)16-20(25)3/h5-14,16-17H,4,15H2,1-3H3,(H,30,31)/b23-17+. The van der Waals surface area contributed by atoms with E-state index in [-0.39, 0.29) is 17.2 Å². The lowest BCUT2D eigenvalue weighted by Gasteiger charge is -2.10. The molecule has 0 aliphatic carbocycles. The second-order valence-corrected chi connectivity index (χ2v) is 7.74. The van der Waals surface area contributed by atoms with Gasteiger partial charge in [0.05, 0.1) is 6.61 Å². The van der Waals surface area contributed by atoms with Crippen molar-refractivity contribution in [1.82, 2.24) is 0 Å². The molecule has 34 heavy (non-hydrogen) atoms. The van der Waals surface area contributed by atoms with Gasteiger partial charge in [0.25, 0.3) is 5.91 Å². The topological polar surface area (TPSA) is 88.4 Å². The van der Waals surface area contributed by atoms with Gasteiger partial charge < -0.3 is 14.8 Å². The normalized spacial score (nSPS) is 10.8. The van der Waals surface area contributed by atoms with Crippen LogP contribution in [0.25, 0.3) is 6.08 Å². The summed E-state index contributed by atoms with van der Waals surface area (Å²) in [5.41, 5.74) is 3.68. The first-order valence-corrected chi connectivity index (χ1v) is 11.0. The summed E-state index contributed by atoms with van der Waals surface area (Å²) in [5.74, 6) is -0.250. The molecule has 0 spiro atoms. The van der Waals surface area contributed by atoms with Gasteiger partial charge in [-0.2, -0.15) is 5.26 Å². The lowest BCUT2D eigenvalue weighted by molar-refractivity contribution is -0.129. The third kappa shape index (κ3) is 6.33. The third-order valence-corrected chi connectivity index (χ3v) is 4.98. The maximum atomic E-state index is 12.6. The first kappa shape index (κ1) is 24.3. The SMILES string of the molecule is CCCOc1ccccc1/C=C(\C#N)C(=O)Oc1ccc(C(=O)Nc2ccc(C)cc2C)cc1. The van der Waals surface area contributed by atoms with Crippen LogP contribution in [0.1, 0.15) is 40.4 Å². The smallest absolute Gasteiger partial charge is 0.354 e.